The predicted octanol–water partition coefficient (Wildman–Crippen LogP) is 3.15. The van der Waals surface area contributed by atoms with Crippen molar-refractivity contribution in [3.05, 3.63) is 28.8 Å². The summed E-state index contributed by atoms with van der Waals surface area (Å²) in [6.07, 6.45) is 4.36. The molecule has 2 amide bonds. The number of piperidine rings is 2. The second-order valence-electron chi connectivity index (χ2n) is 7.00. The zero-order valence-corrected chi connectivity index (χ0v) is 15.4. The van der Waals surface area contributed by atoms with Gasteiger partial charge in [-0.25, -0.2) is 0 Å². The zero-order valence-electron chi connectivity index (χ0n) is 14.7. The zero-order chi connectivity index (χ0) is 17.8. The van der Waals surface area contributed by atoms with Gasteiger partial charge < -0.3 is 10.2 Å². The summed E-state index contributed by atoms with van der Waals surface area (Å²) in [5, 5.41) is 6.31. The smallest absolute Gasteiger partial charge is 0.249 e. The highest BCUT2D eigenvalue weighted by molar-refractivity contribution is 6.31. The van der Waals surface area contributed by atoms with Crippen LogP contribution in [-0.2, 0) is 9.59 Å². The molecule has 136 valence electrons. The van der Waals surface area contributed by atoms with Gasteiger partial charge in [0.25, 0.3) is 0 Å². The first-order valence-electron chi connectivity index (χ1n) is 9.19. The Balaban J connectivity index is 1.61. The van der Waals surface area contributed by atoms with Crippen molar-refractivity contribution in [2.45, 2.75) is 51.0 Å². The lowest BCUT2D eigenvalue weighted by molar-refractivity contribution is -0.133. The standard InChI is InChI=1S/C19H26ClN3O2/c1-2-9-23-10-7-13(8-11-23)15-4-3-14(12-16(15)20)21-17-5-6-18(24)22-19(17)25/h3-4,12-13,17,21H,2,5-11H2,1H3,(H,22,24,25). The third-order valence-electron chi connectivity index (χ3n) is 5.15. The Morgan fingerprint density at radius 3 is 2.64 bits per heavy atom. The molecule has 0 aromatic heterocycles. The Hall–Kier alpha value is -1.59. The maximum atomic E-state index is 11.9. The van der Waals surface area contributed by atoms with Crippen molar-refractivity contribution >= 4 is 29.1 Å². The average molecular weight is 364 g/mol. The van der Waals surface area contributed by atoms with Gasteiger partial charge >= 0.3 is 0 Å². The molecule has 0 aliphatic carbocycles. The summed E-state index contributed by atoms with van der Waals surface area (Å²) >= 11 is 6.53. The summed E-state index contributed by atoms with van der Waals surface area (Å²) in [6, 6.07) is 5.59. The molecular weight excluding hydrogens is 338 g/mol. The van der Waals surface area contributed by atoms with Gasteiger partial charge in [0.1, 0.15) is 6.04 Å². The number of hydrogen-bond donors (Lipinski definition) is 2. The molecule has 0 radical (unpaired) electrons. The van der Waals surface area contributed by atoms with E-state index in [2.05, 4.69) is 28.5 Å². The van der Waals surface area contributed by atoms with Crippen LogP contribution in [0.2, 0.25) is 5.02 Å². The quantitative estimate of drug-likeness (QED) is 0.789. The number of nitrogens with zero attached hydrogens (tertiary/aromatic N) is 1. The first-order chi connectivity index (χ1) is 12.1. The molecule has 25 heavy (non-hydrogen) atoms. The second kappa shape index (κ2) is 8.19. The first-order valence-corrected chi connectivity index (χ1v) is 9.56. The Morgan fingerprint density at radius 2 is 2.00 bits per heavy atom. The lowest BCUT2D eigenvalue weighted by Crippen LogP contribution is -2.47. The number of likely N-dealkylation sites (tertiary alicyclic amines) is 1. The molecule has 2 N–H and O–H groups in total. The molecule has 2 fully saturated rings. The van der Waals surface area contributed by atoms with E-state index in [1.54, 1.807) is 0 Å². The van der Waals surface area contributed by atoms with Crippen molar-refractivity contribution in [2.24, 2.45) is 0 Å². The fourth-order valence-corrected chi connectivity index (χ4v) is 4.10. The van der Waals surface area contributed by atoms with E-state index in [-0.39, 0.29) is 17.9 Å². The van der Waals surface area contributed by atoms with Crippen LogP contribution in [0.25, 0.3) is 0 Å². The average Bonchev–Trinajstić information content (AvgIpc) is 2.59. The van der Waals surface area contributed by atoms with E-state index in [1.165, 1.54) is 18.5 Å². The lowest BCUT2D eigenvalue weighted by atomic mass is 9.89. The number of imide groups is 1. The largest absolute Gasteiger partial charge is 0.374 e. The monoisotopic (exact) mass is 363 g/mol. The van der Waals surface area contributed by atoms with Crippen molar-refractivity contribution in [1.29, 1.82) is 0 Å². The third-order valence-corrected chi connectivity index (χ3v) is 5.48. The van der Waals surface area contributed by atoms with Crippen LogP contribution in [0, 0.1) is 0 Å². The van der Waals surface area contributed by atoms with Crippen LogP contribution in [0.15, 0.2) is 18.2 Å². The molecule has 1 aromatic carbocycles. The molecule has 1 aromatic rings. The van der Waals surface area contributed by atoms with Crippen molar-refractivity contribution in [3.8, 4) is 0 Å². The lowest BCUT2D eigenvalue weighted by Gasteiger charge is -2.32. The number of carbonyl (C=O) groups is 2. The van der Waals surface area contributed by atoms with Crippen LogP contribution in [-0.4, -0.2) is 42.4 Å². The van der Waals surface area contributed by atoms with Crippen LogP contribution in [0.1, 0.15) is 50.5 Å². The van der Waals surface area contributed by atoms with Gasteiger partial charge in [0.2, 0.25) is 11.8 Å². The maximum absolute atomic E-state index is 11.9. The minimum Gasteiger partial charge on any atom is -0.374 e. The number of rotatable bonds is 5. The Kier molecular flexibility index (Phi) is 5.97. The summed E-state index contributed by atoms with van der Waals surface area (Å²) in [7, 11) is 0. The number of halogens is 1. The van der Waals surface area contributed by atoms with E-state index in [0.29, 0.717) is 18.8 Å². The van der Waals surface area contributed by atoms with E-state index in [4.69, 9.17) is 11.6 Å². The van der Waals surface area contributed by atoms with Gasteiger partial charge in [-0.05, 0) is 68.9 Å². The van der Waals surface area contributed by atoms with Crippen LogP contribution in [0.3, 0.4) is 0 Å². The molecule has 0 bridgehead atoms. The molecule has 0 spiro atoms. The summed E-state index contributed by atoms with van der Waals surface area (Å²) < 4.78 is 0. The first kappa shape index (κ1) is 18.2. The predicted molar refractivity (Wildman–Crippen MR) is 100.0 cm³/mol. The van der Waals surface area contributed by atoms with Gasteiger partial charge in [-0.3, -0.25) is 14.9 Å². The van der Waals surface area contributed by atoms with E-state index < -0.39 is 0 Å². The number of benzene rings is 1. The van der Waals surface area contributed by atoms with Crippen LogP contribution in [0.5, 0.6) is 0 Å². The highest BCUT2D eigenvalue weighted by Gasteiger charge is 2.27. The number of hydrogen-bond acceptors (Lipinski definition) is 4. The molecule has 3 rings (SSSR count). The van der Waals surface area contributed by atoms with Gasteiger partial charge in [0.05, 0.1) is 0 Å². The topological polar surface area (TPSA) is 61.4 Å². The Morgan fingerprint density at radius 1 is 1.24 bits per heavy atom. The van der Waals surface area contributed by atoms with Gasteiger partial charge in [0.15, 0.2) is 0 Å². The number of carbonyl (C=O) groups excluding carboxylic acids is 2. The van der Waals surface area contributed by atoms with Gasteiger partial charge in [-0.15, -0.1) is 0 Å². The summed E-state index contributed by atoms with van der Waals surface area (Å²) in [4.78, 5) is 25.6. The van der Waals surface area contributed by atoms with Gasteiger partial charge in [0, 0.05) is 17.1 Å². The second-order valence-corrected chi connectivity index (χ2v) is 7.41. The molecular formula is C19H26ClN3O2. The van der Waals surface area contributed by atoms with Crippen LogP contribution < -0.4 is 10.6 Å². The SMILES string of the molecule is CCCN1CCC(c2ccc(NC3CCC(=O)NC3=O)cc2Cl)CC1. The van der Waals surface area contributed by atoms with E-state index in [1.807, 2.05) is 12.1 Å². The van der Waals surface area contributed by atoms with Gasteiger partial charge in [-0.2, -0.15) is 0 Å². The van der Waals surface area contributed by atoms with E-state index in [9.17, 15) is 9.59 Å². The summed E-state index contributed by atoms with van der Waals surface area (Å²) in [5.74, 6) is 0.0378. The van der Waals surface area contributed by atoms with Crippen molar-refractivity contribution in [2.75, 3.05) is 25.0 Å². The third kappa shape index (κ3) is 4.53. The van der Waals surface area contributed by atoms with E-state index in [0.717, 1.165) is 36.6 Å². The number of amides is 2. The van der Waals surface area contributed by atoms with Crippen molar-refractivity contribution in [3.63, 3.8) is 0 Å². The fraction of sp³-hybridized carbons (Fsp3) is 0.579. The molecule has 2 saturated heterocycles. The van der Waals surface area contributed by atoms with Gasteiger partial charge in [-0.1, -0.05) is 24.6 Å². The summed E-state index contributed by atoms with van der Waals surface area (Å²) in [5.41, 5.74) is 2.03. The minimum absolute atomic E-state index is 0.203. The number of anilines is 1. The fourth-order valence-electron chi connectivity index (χ4n) is 3.76. The molecule has 6 heteroatoms. The molecule has 1 atom stereocenters. The Bertz CT molecular complexity index is 642. The molecule has 1 unspecified atom stereocenters. The molecule has 2 aliphatic rings. The van der Waals surface area contributed by atoms with Crippen LogP contribution >= 0.6 is 11.6 Å². The maximum Gasteiger partial charge on any atom is 0.249 e. The van der Waals surface area contributed by atoms with E-state index >= 15 is 0 Å². The van der Waals surface area contributed by atoms with Crippen molar-refractivity contribution < 1.29 is 9.59 Å². The molecule has 0 saturated carbocycles. The number of nitrogens with one attached hydrogen (secondary N) is 2. The highest BCUT2D eigenvalue weighted by atomic mass is 35.5. The minimum atomic E-state index is -0.378. The molecule has 5 nitrogen and oxygen atoms in total. The summed E-state index contributed by atoms with van der Waals surface area (Å²) in [6.45, 7) is 5.66. The van der Waals surface area contributed by atoms with Crippen LogP contribution in [0.4, 0.5) is 5.69 Å². The Labute approximate surface area is 154 Å². The molecule has 2 heterocycles. The molecule has 2 aliphatic heterocycles. The highest BCUT2D eigenvalue weighted by Crippen LogP contribution is 2.34. The normalized spacial score (nSPS) is 22.7. The van der Waals surface area contributed by atoms with Crippen molar-refractivity contribution in [1.82, 2.24) is 10.2 Å².